The van der Waals surface area contributed by atoms with Crippen molar-refractivity contribution in [1.82, 2.24) is 30.9 Å². The van der Waals surface area contributed by atoms with Crippen molar-refractivity contribution in [2.24, 2.45) is 22.2 Å². The Bertz CT molecular complexity index is 1500. The number of carbonyl (C=O) groups is 5. The Hall–Kier alpha value is -5.45. The number of rotatable bonds is 18. The van der Waals surface area contributed by atoms with E-state index in [0.29, 0.717) is 5.69 Å². The van der Waals surface area contributed by atoms with Crippen LogP contribution in [0, 0.1) is 0 Å². The number of para-hydroxylation sites is 1. The molecule has 0 bridgehead atoms. The molecule has 0 saturated carbocycles. The number of carbonyl (C=O) groups excluding carboxylic acids is 3. The summed E-state index contributed by atoms with van der Waals surface area (Å²) >= 11 is 0. The Morgan fingerprint density at radius 2 is 1.58 bits per heavy atom. The molecule has 3 rings (SSSR count). The molecule has 0 aliphatic carbocycles. The van der Waals surface area contributed by atoms with Gasteiger partial charge in [-0.1, -0.05) is 18.2 Å². The number of aromatic amines is 2. The first kappa shape index (κ1) is 34.0. The number of amides is 3. The fourth-order valence-electron chi connectivity index (χ4n) is 4.58. The summed E-state index contributed by atoms with van der Waals surface area (Å²) in [4.78, 5) is 76.5. The molecule has 0 aliphatic heterocycles. The summed E-state index contributed by atoms with van der Waals surface area (Å²) in [7, 11) is 0. The van der Waals surface area contributed by atoms with Gasteiger partial charge in [-0.3, -0.25) is 24.2 Å². The number of H-pyrrole nitrogens is 2. The Morgan fingerprint density at radius 3 is 2.24 bits per heavy atom. The van der Waals surface area contributed by atoms with Crippen LogP contribution >= 0.6 is 0 Å². The minimum absolute atomic E-state index is 0.0374. The molecule has 13 N–H and O–H groups in total. The predicted octanol–water partition coefficient (Wildman–Crippen LogP) is -1.54. The summed E-state index contributed by atoms with van der Waals surface area (Å²) in [5.74, 6) is -5.12. The van der Waals surface area contributed by atoms with Crippen molar-refractivity contribution in [1.29, 1.82) is 0 Å². The molecule has 0 spiro atoms. The SMILES string of the molecule is NC(N)=NCCCC(NC(=O)C(CCC(=O)O)NC(=O)C(Cc1cnc[nH]1)NC(=O)C(N)Cc1c[nH]c2ccccc12)C(=O)O. The third-order valence-electron chi connectivity index (χ3n) is 6.90. The highest BCUT2D eigenvalue weighted by Crippen LogP contribution is 2.19. The molecular formula is C28H38N10O7. The average Bonchev–Trinajstić information content (AvgIpc) is 3.66. The molecule has 1 aromatic carbocycles. The molecule has 3 aromatic rings. The number of nitrogens with one attached hydrogen (secondary N) is 5. The van der Waals surface area contributed by atoms with Gasteiger partial charge in [-0.25, -0.2) is 9.78 Å². The van der Waals surface area contributed by atoms with Crippen LogP contribution in [0.5, 0.6) is 0 Å². The Kier molecular flexibility index (Phi) is 12.4. The topological polar surface area (TPSA) is 297 Å². The molecule has 45 heavy (non-hydrogen) atoms. The molecule has 0 radical (unpaired) electrons. The Morgan fingerprint density at radius 1 is 0.889 bits per heavy atom. The quantitative estimate of drug-likeness (QED) is 0.0438. The van der Waals surface area contributed by atoms with E-state index in [4.69, 9.17) is 17.2 Å². The minimum atomic E-state index is -1.44. The van der Waals surface area contributed by atoms with Gasteiger partial charge >= 0.3 is 11.9 Å². The highest BCUT2D eigenvalue weighted by atomic mass is 16.4. The van der Waals surface area contributed by atoms with Crippen LogP contribution in [-0.4, -0.2) is 91.5 Å². The Labute approximate surface area is 257 Å². The van der Waals surface area contributed by atoms with E-state index in [1.165, 1.54) is 12.5 Å². The van der Waals surface area contributed by atoms with Crippen LogP contribution in [0.2, 0.25) is 0 Å². The van der Waals surface area contributed by atoms with Crippen LogP contribution in [0.4, 0.5) is 0 Å². The molecule has 2 aromatic heterocycles. The summed E-state index contributed by atoms with van der Waals surface area (Å²) in [6.07, 6.45) is 4.02. The minimum Gasteiger partial charge on any atom is -0.481 e. The zero-order chi connectivity index (χ0) is 32.9. The van der Waals surface area contributed by atoms with Gasteiger partial charge in [-0.2, -0.15) is 0 Å². The van der Waals surface area contributed by atoms with Gasteiger partial charge in [-0.15, -0.1) is 0 Å². The van der Waals surface area contributed by atoms with Gasteiger partial charge in [0.15, 0.2) is 5.96 Å². The maximum atomic E-state index is 13.5. The standard InChI is InChI=1S/C28H38N10O7/c29-18(10-15-12-34-19-5-2-1-4-17(15)19)24(41)38-22(11-16-13-32-14-35-16)26(43)36-20(7-8-23(39)40)25(42)37-21(27(44)45)6-3-9-33-28(30)31/h1-2,4-5,12-14,18,20-22,34H,3,6-11,29H2,(H,32,35)(H,36,43)(H,37,42)(H,38,41)(H,39,40)(H,44,45)(H4,30,31,33). The van der Waals surface area contributed by atoms with E-state index < -0.39 is 60.2 Å². The number of carboxylic acid groups (broad SMARTS) is 2. The van der Waals surface area contributed by atoms with Crippen molar-refractivity contribution in [3.8, 4) is 0 Å². The number of benzene rings is 1. The largest absolute Gasteiger partial charge is 0.481 e. The molecule has 2 heterocycles. The van der Waals surface area contributed by atoms with Crippen LogP contribution in [0.15, 0.2) is 48.0 Å². The Balaban J connectivity index is 1.73. The zero-order valence-corrected chi connectivity index (χ0v) is 24.4. The van der Waals surface area contributed by atoms with E-state index in [-0.39, 0.29) is 44.6 Å². The summed E-state index contributed by atoms with van der Waals surface area (Å²) in [5, 5.41) is 27.1. The van der Waals surface area contributed by atoms with Crippen LogP contribution in [0.3, 0.4) is 0 Å². The number of aliphatic imine (C=N–C) groups is 1. The number of hydrogen-bond acceptors (Lipinski definition) is 8. The van der Waals surface area contributed by atoms with E-state index in [9.17, 15) is 34.2 Å². The number of nitrogens with two attached hydrogens (primary N) is 3. The van der Waals surface area contributed by atoms with Crippen molar-refractivity contribution in [2.45, 2.75) is 62.7 Å². The summed E-state index contributed by atoms with van der Waals surface area (Å²) < 4.78 is 0. The lowest BCUT2D eigenvalue weighted by atomic mass is 10.0. The highest BCUT2D eigenvalue weighted by Gasteiger charge is 2.31. The third-order valence-corrected chi connectivity index (χ3v) is 6.90. The van der Waals surface area contributed by atoms with Gasteiger partial charge in [0.05, 0.1) is 12.4 Å². The van der Waals surface area contributed by atoms with E-state index in [0.717, 1.165) is 16.5 Å². The van der Waals surface area contributed by atoms with Gasteiger partial charge in [0, 0.05) is 48.4 Å². The summed E-state index contributed by atoms with van der Waals surface area (Å²) in [5.41, 5.74) is 18.9. The zero-order valence-electron chi connectivity index (χ0n) is 24.4. The van der Waals surface area contributed by atoms with E-state index in [1.807, 2.05) is 24.3 Å². The number of hydrogen-bond donors (Lipinski definition) is 10. The fourth-order valence-corrected chi connectivity index (χ4v) is 4.58. The number of carboxylic acids is 2. The third kappa shape index (κ3) is 10.6. The van der Waals surface area contributed by atoms with Gasteiger partial charge in [0.2, 0.25) is 17.7 Å². The smallest absolute Gasteiger partial charge is 0.326 e. The lowest BCUT2D eigenvalue weighted by Crippen LogP contribution is -2.57. The predicted molar refractivity (Wildman–Crippen MR) is 162 cm³/mol. The maximum Gasteiger partial charge on any atom is 0.326 e. The normalized spacial score (nSPS) is 13.6. The molecule has 242 valence electrons. The lowest BCUT2D eigenvalue weighted by Gasteiger charge is -2.25. The van der Waals surface area contributed by atoms with Crippen molar-refractivity contribution >= 4 is 46.5 Å². The van der Waals surface area contributed by atoms with Gasteiger partial charge in [0.25, 0.3) is 0 Å². The second-order valence-corrected chi connectivity index (χ2v) is 10.4. The molecule has 3 amide bonds. The van der Waals surface area contributed by atoms with Crippen LogP contribution in [0.1, 0.15) is 36.9 Å². The number of guanidine groups is 1. The molecule has 4 atom stereocenters. The van der Waals surface area contributed by atoms with Crippen molar-refractivity contribution < 1.29 is 34.2 Å². The first-order chi connectivity index (χ1) is 21.4. The number of aromatic nitrogens is 3. The van der Waals surface area contributed by atoms with Gasteiger partial charge in [0.1, 0.15) is 18.1 Å². The second kappa shape index (κ2) is 16.4. The molecule has 0 aliphatic rings. The first-order valence-electron chi connectivity index (χ1n) is 14.1. The molecule has 0 fully saturated rings. The number of nitrogens with zero attached hydrogens (tertiary/aromatic N) is 2. The summed E-state index contributed by atoms with van der Waals surface area (Å²) in [6, 6.07) is 2.42. The van der Waals surface area contributed by atoms with Crippen molar-refractivity contribution in [2.75, 3.05) is 6.54 Å². The average molecular weight is 627 g/mol. The number of aliphatic carboxylic acids is 2. The monoisotopic (exact) mass is 626 g/mol. The van der Waals surface area contributed by atoms with E-state index in [2.05, 4.69) is 35.9 Å². The molecule has 17 heteroatoms. The molecule has 0 saturated heterocycles. The van der Waals surface area contributed by atoms with Crippen LogP contribution in [-0.2, 0) is 36.8 Å². The van der Waals surface area contributed by atoms with E-state index >= 15 is 0 Å². The van der Waals surface area contributed by atoms with Crippen molar-refractivity contribution in [3.63, 3.8) is 0 Å². The molecule has 4 unspecified atom stereocenters. The van der Waals surface area contributed by atoms with Gasteiger partial charge < -0.3 is 53.3 Å². The van der Waals surface area contributed by atoms with Crippen LogP contribution < -0.4 is 33.2 Å². The fraction of sp³-hybridized carbons (Fsp3) is 0.393. The maximum absolute atomic E-state index is 13.5. The lowest BCUT2D eigenvalue weighted by molar-refractivity contribution is -0.143. The number of imidazole rings is 1. The van der Waals surface area contributed by atoms with E-state index in [1.54, 1.807) is 6.20 Å². The number of fused-ring (bicyclic) bond motifs is 1. The molecular weight excluding hydrogens is 588 g/mol. The molecule has 17 nitrogen and oxygen atoms in total. The van der Waals surface area contributed by atoms with Gasteiger partial charge in [-0.05, 0) is 37.3 Å². The van der Waals surface area contributed by atoms with Crippen molar-refractivity contribution in [3.05, 3.63) is 54.2 Å². The van der Waals surface area contributed by atoms with Crippen LogP contribution in [0.25, 0.3) is 10.9 Å². The highest BCUT2D eigenvalue weighted by molar-refractivity contribution is 5.94. The summed E-state index contributed by atoms with van der Waals surface area (Å²) in [6.45, 7) is 0.124. The first-order valence-corrected chi connectivity index (χ1v) is 14.1. The second-order valence-electron chi connectivity index (χ2n) is 10.4.